The molecule has 0 radical (unpaired) electrons. The highest BCUT2D eigenvalue weighted by Gasteiger charge is 2.39. The van der Waals surface area contributed by atoms with Crippen molar-refractivity contribution in [2.75, 3.05) is 0 Å². The molecule has 0 aromatic heterocycles. The predicted octanol–water partition coefficient (Wildman–Crippen LogP) is 3.97. The number of ketones is 2. The lowest BCUT2D eigenvalue weighted by molar-refractivity contribution is 0.0890. The molecule has 1 aliphatic carbocycles. The predicted molar refractivity (Wildman–Crippen MR) is 83.0 cm³/mol. The van der Waals surface area contributed by atoms with Gasteiger partial charge in [-0.2, -0.15) is 0 Å². The minimum atomic E-state index is -0.654. The van der Waals surface area contributed by atoms with Crippen molar-refractivity contribution in [1.82, 2.24) is 0 Å². The Morgan fingerprint density at radius 2 is 1.29 bits per heavy atom. The summed E-state index contributed by atoms with van der Waals surface area (Å²) in [6.07, 6.45) is 1.81. The van der Waals surface area contributed by atoms with E-state index < -0.39 is 5.92 Å². The number of benzene rings is 2. The zero-order valence-electron chi connectivity index (χ0n) is 12.3. The van der Waals surface area contributed by atoms with Crippen molar-refractivity contribution in [3.63, 3.8) is 0 Å². The molecule has 0 N–H and O–H groups in total. The fraction of sp³-hybridized carbons (Fsp3) is 0.263. The number of Topliss-reactive ketones (excluding diaryl/α,β-unsaturated/α-hetero) is 2. The van der Waals surface area contributed by atoms with E-state index in [0.29, 0.717) is 11.1 Å². The molecule has 1 aliphatic rings. The Morgan fingerprint density at radius 3 is 1.71 bits per heavy atom. The van der Waals surface area contributed by atoms with Gasteiger partial charge in [0.05, 0.1) is 0 Å². The Hall–Kier alpha value is -2.22. The standard InChI is InChI=1S/C19H18O2/c1-3-12-9-13(4-2)11-14(10-12)17-18(20)15-7-5-6-8-16(15)19(17)21/h5-11,17H,3-4H2,1-2H3. The smallest absolute Gasteiger partial charge is 0.178 e. The summed E-state index contributed by atoms with van der Waals surface area (Å²) in [6, 6.07) is 13.3. The number of carbonyl (C=O) groups is 2. The molecule has 2 nitrogen and oxygen atoms in total. The van der Waals surface area contributed by atoms with E-state index in [1.807, 2.05) is 24.3 Å². The Labute approximate surface area is 124 Å². The van der Waals surface area contributed by atoms with Crippen LogP contribution in [0.1, 0.15) is 57.2 Å². The van der Waals surface area contributed by atoms with Crippen molar-refractivity contribution in [3.05, 3.63) is 70.3 Å². The maximum absolute atomic E-state index is 12.6. The van der Waals surface area contributed by atoms with Crippen LogP contribution in [0.25, 0.3) is 0 Å². The van der Waals surface area contributed by atoms with Crippen molar-refractivity contribution in [2.45, 2.75) is 32.6 Å². The minimum absolute atomic E-state index is 0.0640. The molecule has 0 aliphatic heterocycles. The fourth-order valence-corrected chi connectivity index (χ4v) is 3.01. The SMILES string of the molecule is CCc1cc(CC)cc(C2C(=O)c3ccccc3C2=O)c1. The highest BCUT2D eigenvalue weighted by molar-refractivity contribution is 6.29. The van der Waals surface area contributed by atoms with Crippen LogP contribution in [0.4, 0.5) is 0 Å². The summed E-state index contributed by atoms with van der Waals surface area (Å²) in [7, 11) is 0. The third-order valence-electron chi connectivity index (χ3n) is 4.21. The number of carbonyl (C=O) groups excluding carboxylic acids is 2. The summed E-state index contributed by atoms with van der Waals surface area (Å²) < 4.78 is 0. The van der Waals surface area contributed by atoms with Gasteiger partial charge in [-0.3, -0.25) is 9.59 Å². The third kappa shape index (κ3) is 2.21. The summed E-state index contributed by atoms with van der Waals surface area (Å²) in [5.74, 6) is -0.781. The average Bonchev–Trinajstić information content (AvgIpc) is 2.78. The first-order chi connectivity index (χ1) is 10.2. The summed E-state index contributed by atoms with van der Waals surface area (Å²) in [6.45, 7) is 4.18. The fourth-order valence-electron chi connectivity index (χ4n) is 3.01. The monoisotopic (exact) mass is 278 g/mol. The van der Waals surface area contributed by atoms with Crippen molar-refractivity contribution < 1.29 is 9.59 Å². The van der Waals surface area contributed by atoms with Gasteiger partial charge in [0.1, 0.15) is 5.92 Å². The molecule has 0 amide bonds. The van der Waals surface area contributed by atoms with E-state index in [2.05, 4.69) is 19.9 Å². The van der Waals surface area contributed by atoms with Gasteiger partial charge < -0.3 is 0 Å². The van der Waals surface area contributed by atoms with Gasteiger partial charge in [0.2, 0.25) is 0 Å². The number of hydrogen-bond donors (Lipinski definition) is 0. The second kappa shape index (κ2) is 5.28. The Kier molecular flexibility index (Phi) is 3.46. The van der Waals surface area contributed by atoms with Gasteiger partial charge in [0.15, 0.2) is 11.6 Å². The van der Waals surface area contributed by atoms with Gasteiger partial charge in [-0.1, -0.05) is 56.3 Å². The molecular formula is C19H18O2. The Balaban J connectivity index is 2.10. The van der Waals surface area contributed by atoms with Gasteiger partial charge in [-0.05, 0) is 29.5 Å². The normalized spacial score (nSPS) is 14.6. The highest BCUT2D eigenvalue weighted by Crippen LogP contribution is 2.34. The van der Waals surface area contributed by atoms with Gasteiger partial charge in [0.25, 0.3) is 0 Å². The average molecular weight is 278 g/mol. The molecule has 21 heavy (non-hydrogen) atoms. The molecule has 0 atom stereocenters. The van der Waals surface area contributed by atoms with Crippen LogP contribution in [0.3, 0.4) is 0 Å². The number of rotatable bonds is 3. The van der Waals surface area contributed by atoms with Crippen LogP contribution in [-0.4, -0.2) is 11.6 Å². The molecule has 0 saturated carbocycles. The molecule has 3 rings (SSSR count). The molecule has 0 fully saturated rings. The van der Waals surface area contributed by atoms with Crippen LogP contribution >= 0.6 is 0 Å². The van der Waals surface area contributed by atoms with E-state index >= 15 is 0 Å². The van der Waals surface area contributed by atoms with Crippen LogP contribution in [0.2, 0.25) is 0 Å². The Bertz CT molecular complexity index is 671. The van der Waals surface area contributed by atoms with E-state index in [0.717, 1.165) is 18.4 Å². The zero-order valence-corrected chi connectivity index (χ0v) is 12.3. The number of aryl methyl sites for hydroxylation is 2. The van der Waals surface area contributed by atoms with Crippen molar-refractivity contribution in [2.24, 2.45) is 0 Å². The maximum Gasteiger partial charge on any atom is 0.178 e. The zero-order chi connectivity index (χ0) is 15.0. The lowest BCUT2D eigenvalue weighted by Gasteiger charge is -2.11. The molecular weight excluding hydrogens is 260 g/mol. The van der Waals surface area contributed by atoms with Gasteiger partial charge in [-0.25, -0.2) is 0 Å². The second-order valence-corrected chi connectivity index (χ2v) is 5.50. The van der Waals surface area contributed by atoms with Crippen molar-refractivity contribution >= 4 is 11.6 Å². The van der Waals surface area contributed by atoms with Crippen LogP contribution < -0.4 is 0 Å². The van der Waals surface area contributed by atoms with E-state index in [1.54, 1.807) is 12.1 Å². The van der Waals surface area contributed by atoms with Crippen molar-refractivity contribution in [3.8, 4) is 0 Å². The van der Waals surface area contributed by atoms with Gasteiger partial charge in [0, 0.05) is 11.1 Å². The number of hydrogen-bond acceptors (Lipinski definition) is 2. The van der Waals surface area contributed by atoms with Crippen LogP contribution in [0.15, 0.2) is 42.5 Å². The quantitative estimate of drug-likeness (QED) is 0.796. The lowest BCUT2D eigenvalue weighted by atomic mass is 9.90. The molecule has 106 valence electrons. The summed E-state index contributed by atoms with van der Waals surface area (Å²) >= 11 is 0. The molecule has 0 saturated heterocycles. The van der Waals surface area contributed by atoms with E-state index in [1.165, 1.54) is 11.1 Å². The lowest BCUT2D eigenvalue weighted by Crippen LogP contribution is -2.13. The van der Waals surface area contributed by atoms with Crippen molar-refractivity contribution in [1.29, 1.82) is 0 Å². The summed E-state index contributed by atoms with van der Waals surface area (Å²) in [5.41, 5.74) is 4.33. The maximum atomic E-state index is 12.6. The molecule has 0 heterocycles. The van der Waals surface area contributed by atoms with E-state index in [-0.39, 0.29) is 11.6 Å². The van der Waals surface area contributed by atoms with Gasteiger partial charge >= 0.3 is 0 Å². The molecule has 0 unspecified atom stereocenters. The molecule has 2 heteroatoms. The van der Waals surface area contributed by atoms with Gasteiger partial charge in [-0.15, -0.1) is 0 Å². The number of fused-ring (bicyclic) bond motifs is 1. The summed E-state index contributed by atoms with van der Waals surface area (Å²) in [4.78, 5) is 25.2. The van der Waals surface area contributed by atoms with Crippen LogP contribution in [0.5, 0.6) is 0 Å². The Morgan fingerprint density at radius 1 is 0.810 bits per heavy atom. The minimum Gasteiger partial charge on any atom is -0.293 e. The van der Waals surface area contributed by atoms with E-state index in [4.69, 9.17) is 0 Å². The van der Waals surface area contributed by atoms with Crippen LogP contribution in [-0.2, 0) is 12.8 Å². The van der Waals surface area contributed by atoms with E-state index in [9.17, 15) is 9.59 Å². The first kappa shape index (κ1) is 13.7. The first-order valence-electron chi connectivity index (χ1n) is 7.45. The largest absolute Gasteiger partial charge is 0.293 e. The van der Waals surface area contributed by atoms with Crippen LogP contribution in [0, 0.1) is 0 Å². The second-order valence-electron chi connectivity index (χ2n) is 5.50. The molecule has 2 aromatic rings. The summed E-state index contributed by atoms with van der Waals surface area (Å²) in [5, 5.41) is 0. The molecule has 2 aromatic carbocycles. The highest BCUT2D eigenvalue weighted by atomic mass is 16.2. The molecule has 0 bridgehead atoms. The molecule has 0 spiro atoms. The third-order valence-corrected chi connectivity index (χ3v) is 4.21. The first-order valence-corrected chi connectivity index (χ1v) is 7.45. The topological polar surface area (TPSA) is 34.1 Å².